The van der Waals surface area contributed by atoms with Crippen molar-refractivity contribution in [1.82, 2.24) is 5.32 Å². The molecule has 0 unspecified atom stereocenters. The summed E-state index contributed by atoms with van der Waals surface area (Å²) in [7, 11) is 1.51. The number of para-hydroxylation sites is 1. The van der Waals surface area contributed by atoms with Gasteiger partial charge in [0.25, 0.3) is 5.91 Å². The van der Waals surface area contributed by atoms with Crippen molar-refractivity contribution in [3.8, 4) is 5.75 Å². The predicted molar refractivity (Wildman–Crippen MR) is 104 cm³/mol. The summed E-state index contributed by atoms with van der Waals surface area (Å²) in [5.74, 6) is -0.176. The fourth-order valence-corrected chi connectivity index (χ4v) is 2.63. The van der Waals surface area contributed by atoms with Crippen LogP contribution >= 0.6 is 0 Å². The number of anilines is 1. The molecule has 26 heavy (non-hydrogen) atoms. The normalized spacial score (nSPS) is 11.8. The number of carbonyl (C=O) groups is 2. The number of carbonyl (C=O) groups excluding carboxylic acids is 2. The Kier molecular flexibility index (Phi) is 6.39. The third-order valence-corrected chi connectivity index (χ3v) is 4.36. The maximum absolute atomic E-state index is 12.7. The van der Waals surface area contributed by atoms with E-state index in [9.17, 15) is 9.59 Å². The van der Waals surface area contributed by atoms with Crippen LogP contribution in [0.3, 0.4) is 0 Å². The van der Waals surface area contributed by atoms with E-state index in [0.717, 1.165) is 16.8 Å². The molecular formula is C21H26N2O3. The molecule has 138 valence electrons. The molecule has 0 saturated carbocycles. The zero-order chi connectivity index (χ0) is 19.3. The van der Waals surface area contributed by atoms with Gasteiger partial charge in [0.1, 0.15) is 11.8 Å². The summed E-state index contributed by atoms with van der Waals surface area (Å²) in [5, 5.41) is 5.71. The number of hydrogen-bond acceptors (Lipinski definition) is 3. The Balaban J connectivity index is 2.16. The van der Waals surface area contributed by atoms with Gasteiger partial charge < -0.3 is 15.4 Å². The Morgan fingerprint density at radius 2 is 1.69 bits per heavy atom. The molecule has 0 aliphatic heterocycles. The van der Waals surface area contributed by atoms with Crippen LogP contribution in [0.25, 0.3) is 0 Å². The monoisotopic (exact) mass is 354 g/mol. The van der Waals surface area contributed by atoms with Crippen LogP contribution in [-0.2, 0) is 4.79 Å². The summed E-state index contributed by atoms with van der Waals surface area (Å²) in [5.41, 5.74) is 3.38. The molecule has 0 aliphatic carbocycles. The van der Waals surface area contributed by atoms with Crippen molar-refractivity contribution in [2.75, 3.05) is 12.4 Å². The summed E-state index contributed by atoms with van der Waals surface area (Å²) in [6.45, 7) is 7.81. The molecule has 2 aromatic rings. The molecule has 0 spiro atoms. The van der Waals surface area contributed by atoms with Crippen molar-refractivity contribution in [2.45, 2.75) is 33.7 Å². The molecule has 0 fully saturated rings. The highest BCUT2D eigenvalue weighted by Gasteiger charge is 2.26. The molecule has 0 bridgehead atoms. The van der Waals surface area contributed by atoms with E-state index < -0.39 is 6.04 Å². The smallest absolute Gasteiger partial charge is 0.255 e. The second kappa shape index (κ2) is 8.52. The maximum Gasteiger partial charge on any atom is 0.255 e. The first-order valence-corrected chi connectivity index (χ1v) is 8.65. The molecule has 2 N–H and O–H groups in total. The average Bonchev–Trinajstić information content (AvgIpc) is 2.62. The Morgan fingerprint density at radius 1 is 1.00 bits per heavy atom. The van der Waals surface area contributed by atoms with Crippen LogP contribution in [0.15, 0.2) is 42.5 Å². The van der Waals surface area contributed by atoms with Crippen molar-refractivity contribution < 1.29 is 14.3 Å². The molecule has 2 amide bonds. The van der Waals surface area contributed by atoms with E-state index in [-0.39, 0.29) is 17.7 Å². The molecule has 0 heterocycles. The molecular weight excluding hydrogens is 328 g/mol. The quantitative estimate of drug-likeness (QED) is 0.831. The van der Waals surface area contributed by atoms with Crippen LogP contribution in [-0.4, -0.2) is 25.0 Å². The summed E-state index contributed by atoms with van der Waals surface area (Å²) in [6, 6.07) is 12.0. The predicted octanol–water partition coefficient (Wildman–Crippen LogP) is 3.71. The van der Waals surface area contributed by atoms with Gasteiger partial charge >= 0.3 is 0 Å². The lowest BCUT2D eigenvalue weighted by Crippen LogP contribution is -2.47. The number of aryl methyl sites for hydroxylation is 2. The summed E-state index contributed by atoms with van der Waals surface area (Å²) >= 11 is 0. The number of ether oxygens (including phenoxy) is 1. The minimum atomic E-state index is -0.658. The largest absolute Gasteiger partial charge is 0.496 e. The Bertz CT molecular complexity index is 800. The molecule has 0 aromatic heterocycles. The highest BCUT2D eigenvalue weighted by molar-refractivity contribution is 6.02. The molecule has 0 aliphatic rings. The van der Waals surface area contributed by atoms with E-state index in [4.69, 9.17) is 4.74 Å². The highest BCUT2D eigenvalue weighted by atomic mass is 16.5. The lowest BCUT2D eigenvalue weighted by molar-refractivity contribution is -0.118. The number of rotatable bonds is 6. The SMILES string of the molecule is COc1ccccc1C(=O)N[C@H](C(=O)Nc1ccc(C)c(C)c1)C(C)C. The van der Waals surface area contributed by atoms with E-state index >= 15 is 0 Å². The fraction of sp³-hybridized carbons (Fsp3) is 0.333. The number of benzene rings is 2. The summed E-state index contributed by atoms with van der Waals surface area (Å²) < 4.78 is 5.23. The Labute approximate surface area is 154 Å². The molecule has 1 atom stereocenters. The van der Waals surface area contributed by atoms with Crippen molar-refractivity contribution >= 4 is 17.5 Å². The Morgan fingerprint density at radius 3 is 2.31 bits per heavy atom. The molecule has 0 radical (unpaired) electrons. The summed E-state index contributed by atoms with van der Waals surface area (Å²) in [6.07, 6.45) is 0. The Hall–Kier alpha value is -2.82. The van der Waals surface area contributed by atoms with Crippen LogP contribution in [0.4, 0.5) is 5.69 Å². The van der Waals surface area contributed by atoms with Gasteiger partial charge in [-0.05, 0) is 55.2 Å². The van der Waals surface area contributed by atoms with Crippen molar-refractivity contribution in [2.24, 2.45) is 5.92 Å². The van der Waals surface area contributed by atoms with E-state index in [2.05, 4.69) is 10.6 Å². The zero-order valence-electron chi connectivity index (χ0n) is 15.9. The molecule has 2 rings (SSSR count). The van der Waals surface area contributed by atoms with Gasteiger partial charge in [-0.3, -0.25) is 9.59 Å². The van der Waals surface area contributed by atoms with Gasteiger partial charge in [-0.2, -0.15) is 0 Å². The number of methoxy groups -OCH3 is 1. The number of nitrogens with one attached hydrogen (secondary N) is 2. The first-order valence-electron chi connectivity index (χ1n) is 8.65. The first-order chi connectivity index (χ1) is 12.3. The van der Waals surface area contributed by atoms with Crippen LogP contribution in [0.5, 0.6) is 5.75 Å². The minimum Gasteiger partial charge on any atom is -0.496 e. The number of hydrogen-bond donors (Lipinski definition) is 2. The van der Waals surface area contributed by atoms with Gasteiger partial charge in [0.15, 0.2) is 0 Å². The van der Waals surface area contributed by atoms with Crippen LogP contribution in [0.1, 0.15) is 35.3 Å². The maximum atomic E-state index is 12.7. The van der Waals surface area contributed by atoms with E-state index in [0.29, 0.717) is 11.3 Å². The van der Waals surface area contributed by atoms with E-state index in [1.807, 2.05) is 45.9 Å². The fourth-order valence-electron chi connectivity index (χ4n) is 2.63. The average molecular weight is 354 g/mol. The molecule has 0 saturated heterocycles. The number of amides is 2. The second-order valence-electron chi connectivity index (χ2n) is 6.68. The van der Waals surface area contributed by atoms with Gasteiger partial charge in [-0.1, -0.05) is 32.0 Å². The van der Waals surface area contributed by atoms with Crippen molar-refractivity contribution in [1.29, 1.82) is 0 Å². The lowest BCUT2D eigenvalue weighted by Gasteiger charge is -2.22. The molecule has 5 nitrogen and oxygen atoms in total. The highest BCUT2D eigenvalue weighted by Crippen LogP contribution is 2.19. The van der Waals surface area contributed by atoms with Gasteiger partial charge in [0.05, 0.1) is 12.7 Å². The first kappa shape index (κ1) is 19.5. The van der Waals surface area contributed by atoms with E-state index in [1.54, 1.807) is 24.3 Å². The zero-order valence-corrected chi connectivity index (χ0v) is 15.9. The second-order valence-corrected chi connectivity index (χ2v) is 6.68. The standard InChI is InChI=1S/C21H26N2O3/c1-13(2)19(21(25)22-16-11-10-14(3)15(4)12-16)23-20(24)17-8-6-7-9-18(17)26-5/h6-13,19H,1-5H3,(H,22,25)(H,23,24)/t19-/m0/s1. The van der Waals surface area contributed by atoms with Crippen LogP contribution < -0.4 is 15.4 Å². The third-order valence-electron chi connectivity index (χ3n) is 4.36. The summed E-state index contributed by atoms with van der Waals surface area (Å²) in [4.78, 5) is 25.3. The molecule has 5 heteroatoms. The third kappa shape index (κ3) is 4.63. The van der Waals surface area contributed by atoms with Gasteiger partial charge in [-0.25, -0.2) is 0 Å². The van der Waals surface area contributed by atoms with E-state index in [1.165, 1.54) is 7.11 Å². The van der Waals surface area contributed by atoms with Gasteiger partial charge in [0.2, 0.25) is 5.91 Å². The lowest BCUT2D eigenvalue weighted by atomic mass is 10.0. The van der Waals surface area contributed by atoms with Crippen LogP contribution in [0.2, 0.25) is 0 Å². The van der Waals surface area contributed by atoms with Gasteiger partial charge in [-0.15, -0.1) is 0 Å². The van der Waals surface area contributed by atoms with Crippen molar-refractivity contribution in [3.63, 3.8) is 0 Å². The van der Waals surface area contributed by atoms with Crippen LogP contribution in [0, 0.1) is 19.8 Å². The van der Waals surface area contributed by atoms with Gasteiger partial charge in [0, 0.05) is 5.69 Å². The topological polar surface area (TPSA) is 67.4 Å². The minimum absolute atomic E-state index is 0.0693. The molecule has 2 aromatic carbocycles. The van der Waals surface area contributed by atoms with Crippen molar-refractivity contribution in [3.05, 3.63) is 59.2 Å².